The fraction of sp³-hybridized carbons (Fsp3) is 0.462. The van der Waals surface area contributed by atoms with E-state index in [-0.39, 0.29) is 11.9 Å². The van der Waals surface area contributed by atoms with Gasteiger partial charge in [-0.2, -0.15) is 0 Å². The second-order valence-corrected chi connectivity index (χ2v) is 7.11. The molecule has 1 aromatic carbocycles. The largest absolute Gasteiger partial charge is 0.349 e. The third-order valence-corrected chi connectivity index (χ3v) is 5.39. The number of hydrogen-bond donors (Lipinski definition) is 1. The van der Waals surface area contributed by atoms with Gasteiger partial charge in [0.1, 0.15) is 0 Å². The van der Waals surface area contributed by atoms with Crippen LogP contribution >= 0.6 is 15.9 Å². The van der Waals surface area contributed by atoms with Crippen LogP contribution in [0.25, 0.3) is 0 Å². The molecular weight excluding hydrogens is 314 g/mol. The number of hydrogen-bond acceptors (Lipinski definition) is 2. The van der Waals surface area contributed by atoms with Crippen LogP contribution in [0.4, 0.5) is 0 Å². The number of carbonyl (C=O) groups is 1. The van der Waals surface area contributed by atoms with Gasteiger partial charge in [0, 0.05) is 38.4 Å². The second kappa shape index (κ2) is 5.97. The van der Waals surface area contributed by atoms with E-state index in [4.69, 9.17) is 0 Å². The van der Waals surface area contributed by atoms with Crippen molar-refractivity contribution >= 4 is 32.6 Å². The molecule has 0 bridgehead atoms. The predicted octanol–water partition coefficient (Wildman–Crippen LogP) is 2.40. The molecule has 0 aliphatic carbocycles. The van der Waals surface area contributed by atoms with E-state index in [1.54, 1.807) is 0 Å². The van der Waals surface area contributed by atoms with Crippen molar-refractivity contribution < 1.29 is 9.00 Å². The lowest BCUT2D eigenvalue weighted by atomic mass is 10.1. The topological polar surface area (TPSA) is 46.2 Å². The maximum Gasteiger partial charge on any atom is 0.251 e. The quantitative estimate of drug-likeness (QED) is 0.905. The summed E-state index contributed by atoms with van der Waals surface area (Å²) in [5, 5.41) is 3.01. The Bertz CT molecular complexity index is 480. The lowest BCUT2D eigenvalue weighted by Gasteiger charge is -2.22. The highest BCUT2D eigenvalue weighted by Crippen LogP contribution is 2.18. The van der Waals surface area contributed by atoms with E-state index in [1.807, 2.05) is 25.1 Å². The van der Waals surface area contributed by atoms with Gasteiger partial charge in [-0.15, -0.1) is 0 Å². The molecule has 5 heteroatoms. The summed E-state index contributed by atoms with van der Waals surface area (Å²) in [7, 11) is -0.686. The molecule has 1 fully saturated rings. The van der Waals surface area contributed by atoms with Gasteiger partial charge >= 0.3 is 0 Å². The Balaban J connectivity index is 1.99. The van der Waals surface area contributed by atoms with Crippen LogP contribution in [0.2, 0.25) is 0 Å². The van der Waals surface area contributed by atoms with E-state index in [0.717, 1.165) is 22.9 Å². The van der Waals surface area contributed by atoms with Gasteiger partial charge in [-0.25, -0.2) is 0 Å². The van der Waals surface area contributed by atoms with E-state index in [9.17, 15) is 9.00 Å². The van der Waals surface area contributed by atoms with Gasteiger partial charge in [-0.3, -0.25) is 9.00 Å². The van der Waals surface area contributed by atoms with Gasteiger partial charge in [0.15, 0.2) is 0 Å². The molecule has 1 amide bonds. The Morgan fingerprint density at radius 2 is 2.06 bits per heavy atom. The van der Waals surface area contributed by atoms with Gasteiger partial charge < -0.3 is 5.32 Å². The first-order chi connectivity index (χ1) is 8.56. The van der Waals surface area contributed by atoms with Crippen LogP contribution in [0.5, 0.6) is 0 Å². The van der Waals surface area contributed by atoms with Crippen LogP contribution in [-0.2, 0) is 10.8 Å². The summed E-state index contributed by atoms with van der Waals surface area (Å²) < 4.78 is 12.2. The second-order valence-electron chi connectivity index (χ2n) is 4.56. The Morgan fingerprint density at radius 1 is 1.39 bits per heavy atom. The van der Waals surface area contributed by atoms with Crippen molar-refractivity contribution in [3.05, 3.63) is 33.8 Å². The van der Waals surface area contributed by atoms with E-state index >= 15 is 0 Å². The Hall–Kier alpha value is -0.680. The number of aryl methyl sites for hydroxylation is 1. The van der Waals surface area contributed by atoms with Gasteiger partial charge in [-0.05, 0) is 37.5 Å². The first-order valence-corrected chi connectivity index (χ1v) is 8.26. The summed E-state index contributed by atoms with van der Waals surface area (Å²) in [6.07, 6.45) is 1.62. The van der Waals surface area contributed by atoms with Crippen LogP contribution in [0.15, 0.2) is 22.7 Å². The molecule has 0 unspecified atom stereocenters. The first kappa shape index (κ1) is 13.7. The van der Waals surface area contributed by atoms with Crippen LogP contribution < -0.4 is 5.32 Å². The maximum atomic E-state index is 12.1. The number of benzene rings is 1. The van der Waals surface area contributed by atoms with Crippen molar-refractivity contribution in [2.24, 2.45) is 0 Å². The number of nitrogens with one attached hydrogen (secondary N) is 1. The maximum absolute atomic E-state index is 12.1. The van der Waals surface area contributed by atoms with Crippen molar-refractivity contribution in [1.29, 1.82) is 0 Å². The number of amides is 1. The van der Waals surface area contributed by atoms with Crippen LogP contribution in [-0.4, -0.2) is 27.7 Å². The molecule has 0 saturated carbocycles. The van der Waals surface area contributed by atoms with E-state index in [0.29, 0.717) is 17.1 Å². The molecule has 0 spiro atoms. The zero-order chi connectivity index (χ0) is 13.1. The van der Waals surface area contributed by atoms with E-state index in [2.05, 4.69) is 21.2 Å². The molecule has 1 heterocycles. The normalized spacial score (nSPS) is 23.7. The average molecular weight is 330 g/mol. The molecule has 2 rings (SSSR count). The van der Waals surface area contributed by atoms with Crippen molar-refractivity contribution in [2.75, 3.05) is 11.5 Å². The summed E-state index contributed by atoms with van der Waals surface area (Å²) >= 11 is 3.43. The molecule has 18 heavy (non-hydrogen) atoms. The molecule has 0 radical (unpaired) electrons. The minimum atomic E-state index is -0.686. The first-order valence-electron chi connectivity index (χ1n) is 5.98. The van der Waals surface area contributed by atoms with Crippen LogP contribution in [0.1, 0.15) is 28.8 Å². The molecule has 1 aromatic rings. The van der Waals surface area contributed by atoms with Gasteiger partial charge in [0.25, 0.3) is 5.91 Å². The van der Waals surface area contributed by atoms with E-state index in [1.165, 1.54) is 0 Å². The van der Waals surface area contributed by atoms with E-state index < -0.39 is 10.8 Å². The Labute approximate surface area is 118 Å². The molecule has 3 nitrogen and oxygen atoms in total. The highest BCUT2D eigenvalue weighted by molar-refractivity contribution is 9.10. The summed E-state index contributed by atoms with van der Waals surface area (Å²) in [6, 6.07) is 5.76. The standard InChI is InChI=1S/C13H16BrNO2S/c1-9-2-3-10(8-12(9)14)13(16)15-11-4-6-18(17)7-5-11/h2-3,8,11H,4-7H2,1H3,(H,15,16). The lowest BCUT2D eigenvalue weighted by Crippen LogP contribution is -2.39. The highest BCUT2D eigenvalue weighted by atomic mass is 79.9. The van der Waals surface area contributed by atoms with Crippen molar-refractivity contribution in [3.63, 3.8) is 0 Å². The van der Waals surface area contributed by atoms with Crippen molar-refractivity contribution in [2.45, 2.75) is 25.8 Å². The fourth-order valence-corrected chi connectivity index (χ4v) is 3.62. The third kappa shape index (κ3) is 3.42. The SMILES string of the molecule is Cc1ccc(C(=O)NC2CCS(=O)CC2)cc1Br. The van der Waals surface area contributed by atoms with Gasteiger partial charge in [0.05, 0.1) is 0 Å². The Kier molecular flexibility index (Phi) is 4.56. The molecular formula is C13H16BrNO2S. The monoisotopic (exact) mass is 329 g/mol. The number of carbonyl (C=O) groups excluding carboxylic acids is 1. The zero-order valence-electron chi connectivity index (χ0n) is 10.2. The lowest BCUT2D eigenvalue weighted by molar-refractivity contribution is 0.0934. The summed E-state index contributed by atoms with van der Waals surface area (Å²) in [5.41, 5.74) is 1.78. The molecule has 0 atom stereocenters. The molecule has 98 valence electrons. The summed E-state index contributed by atoms with van der Waals surface area (Å²) in [6.45, 7) is 1.99. The summed E-state index contributed by atoms with van der Waals surface area (Å²) in [4.78, 5) is 12.1. The highest BCUT2D eigenvalue weighted by Gasteiger charge is 2.20. The van der Waals surface area contributed by atoms with Crippen LogP contribution in [0, 0.1) is 6.92 Å². The predicted molar refractivity (Wildman–Crippen MR) is 77.2 cm³/mol. The zero-order valence-corrected chi connectivity index (χ0v) is 12.6. The molecule has 1 aliphatic heterocycles. The smallest absolute Gasteiger partial charge is 0.251 e. The van der Waals surface area contributed by atoms with Crippen molar-refractivity contribution in [3.8, 4) is 0 Å². The Morgan fingerprint density at radius 3 is 2.67 bits per heavy atom. The molecule has 1 saturated heterocycles. The molecule has 1 aliphatic rings. The fourth-order valence-electron chi connectivity index (χ4n) is 1.94. The average Bonchev–Trinajstić information content (AvgIpc) is 2.35. The van der Waals surface area contributed by atoms with Gasteiger partial charge in [0.2, 0.25) is 0 Å². The third-order valence-electron chi connectivity index (χ3n) is 3.16. The minimum absolute atomic E-state index is 0.0478. The van der Waals surface area contributed by atoms with Crippen LogP contribution in [0.3, 0.4) is 0 Å². The van der Waals surface area contributed by atoms with Crippen molar-refractivity contribution in [1.82, 2.24) is 5.32 Å². The number of halogens is 1. The molecule has 0 aromatic heterocycles. The minimum Gasteiger partial charge on any atom is -0.349 e. The molecule has 1 N–H and O–H groups in total. The number of rotatable bonds is 2. The summed E-state index contributed by atoms with van der Waals surface area (Å²) in [5.74, 6) is 1.35. The van der Waals surface area contributed by atoms with Gasteiger partial charge in [-0.1, -0.05) is 22.0 Å².